The Bertz CT molecular complexity index is 825. The second kappa shape index (κ2) is 10.4. The summed E-state index contributed by atoms with van der Waals surface area (Å²) in [6.07, 6.45) is 1.32. The number of benzene rings is 2. The normalized spacial score (nSPS) is 19.3. The summed E-state index contributed by atoms with van der Waals surface area (Å²) in [5.41, 5.74) is 2.95. The Morgan fingerprint density at radius 1 is 0.967 bits per heavy atom. The molecule has 1 aliphatic heterocycles. The van der Waals surface area contributed by atoms with Gasteiger partial charge < -0.3 is 10.2 Å². The first-order valence-electron chi connectivity index (χ1n) is 10.8. The van der Waals surface area contributed by atoms with E-state index in [1.807, 2.05) is 18.2 Å². The van der Waals surface area contributed by atoms with Crippen molar-refractivity contribution in [3.05, 3.63) is 71.3 Å². The monoisotopic (exact) mass is 407 g/mol. The summed E-state index contributed by atoms with van der Waals surface area (Å²) in [4.78, 5) is 28.6. The highest BCUT2D eigenvalue weighted by Crippen LogP contribution is 2.22. The summed E-state index contributed by atoms with van der Waals surface area (Å²) in [6.45, 7) is 8.47. The third-order valence-corrected chi connectivity index (χ3v) is 5.61. The van der Waals surface area contributed by atoms with Gasteiger partial charge in [-0.2, -0.15) is 0 Å². The van der Waals surface area contributed by atoms with E-state index in [4.69, 9.17) is 0 Å². The first-order chi connectivity index (χ1) is 14.4. The van der Waals surface area contributed by atoms with Gasteiger partial charge in [-0.25, -0.2) is 0 Å². The Kier molecular flexibility index (Phi) is 7.63. The number of carbonyl (C=O) groups excluding carboxylic acids is 2. The fraction of sp³-hybridized carbons (Fsp3) is 0.440. The number of piperidine rings is 1. The first-order valence-corrected chi connectivity index (χ1v) is 10.8. The number of nitrogens with zero attached hydrogens (tertiary/aromatic N) is 2. The van der Waals surface area contributed by atoms with E-state index in [0.717, 1.165) is 37.0 Å². The lowest BCUT2D eigenvalue weighted by Crippen LogP contribution is -2.38. The van der Waals surface area contributed by atoms with Gasteiger partial charge in [0.1, 0.15) is 0 Å². The molecule has 0 bridgehead atoms. The fourth-order valence-electron chi connectivity index (χ4n) is 4.29. The van der Waals surface area contributed by atoms with E-state index in [1.54, 1.807) is 19.2 Å². The van der Waals surface area contributed by atoms with Crippen LogP contribution in [0, 0.1) is 11.8 Å². The van der Waals surface area contributed by atoms with Crippen LogP contribution in [0.1, 0.15) is 41.8 Å². The van der Waals surface area contributed by atoms with E-state index >= 15 is 0 Å². The standard InChI is InChI=1S/C25H33N3O2/c1-19-13-20(2)16-28(15-19)17-22-11-9-21(10-12-22)14-26-24(29)18-27(3)25(30)23-7-5-4-6-8-23/h4-12,19-20H,13-18H2,1-3H3,(H,26,29)/t19-,20+. The molecule has 3 rings (SSSR count). The van der Waals surface area contributed by atoms with Crippen LogP contribution in [0.3, 0.4) is 0 Å². The molecule has 2 amide bonds. The largest absolute Gasteiger partial charge is 0.350 e. The van der Waals surface area contributed by atoms with Gasteiger partial charge in [0, 0.05) is 38.8 Å². The van der Waals surface area contributed by atoms with E-state index in [0.29, 0.717) is 12.1 Å². The number of nitrogens with one attached hydrogen (secondary N) is 1. The minimum absolute atomic E-state index is 0.0388. The lowest BCUT2D eigenvalue weighted by Gasteiger charge is -2.35. The maximum absolute atomic E-state index is 12.3. The quantitative estimate of drug-likeness (QED) is 0.764. The molecule has 0 aliphatic carbocycles. The van der Waals surface area contributed by atoms with E-state index in [1.165, 1.54) is 16.9 Å². The third kappa shape index (κ3) is 6.42. The zero-order valence-corrected chi connectivity index (χ0v) is 18.3. The Labute approximate surface area is 180 Å². The van der Waals surface area contributed by atoms with Gasteiger partial charge >= 0.3 is 0 Å². The number of likely N-dealkylation sites (tertiary alicyclic amines) is 1. The van der Waals surface area contributed by atoms with Gasteiger partial charge in [-0.05, 0) is 41.5 Å². The zero-order chi connectivity index (χ0) is 21.5. The maximum atomic E-state index is 12.3. The third-order valence-electron chi connectivity index (χ3n) is 5.61. The molecule has 1 fully saturated rings. The molecule has 2 aromatic rings. The highest BCUT2D eigenvalue weighted by Gasteiger charge is 2.21. The summed E-state index contributed by atoms with van der Waals surface area (Å²) in [6, 6.07) is 17.5. The van der Waals surface area contributed by atoms with E-state index < -0.39 is 0 Å². The molecule has 2 aromatic carbocycles. The van der Waals surface area contributed by atoms with Crippen LogP contribution < -0.4 is 5.32 Å². The summed E-state index contributed by atoms with van der Waals surface area (Å²) in [7, 11) is 1.64. The molecule has 0 aromatic heterocycles. The molecular formula is C25H33N3O2. The minimum Gasteiger partial charge on any atom is -0.350 e. The molecule has 0 saturated carbocycles. The average molecular weight is 408 g/mol. The topological polar surface area (TPSA) is 52.7 Å². The van der Waals surface area contributed by atoms with Crippen LogP contribution in [0.5, 0.6) is 0 Å². The second-order valence-electron chi connectivity index (χ2n) is 8.76. The molecule has 0 radical (unpaired) electrons. The lowest BCUT2D eigenvalue weighted by atomic mass is 9.91. The van der Waals surface area contributed by atoms with Gasteiger partial charge in [0.05, 0.1) is 6.54 Å². The number of hydrogen-bond donors (Lipinski definition) is 1. The van der Waals surface area contributed by atoms with Gasteiger partial charge in [-0.15, -0.1) is 0 Å². The molecule has 1 heterocycles. The number of likely N-dealkylation sites (N-methyl/N-ethyl adjacent to an activating group) is 1. The van der Waals surface area contributed by atoms with Crippen LogP contribution in [0.2, 0.25) is 0 Å². The van der Waals surface area contributed by atoms with Crippen molar-refractivity contribution in [2.45, 2.75) is 33.4 Å². The van der Waals surface area contributed by atoms with Crippen molar-refractivity contribution >= 4 is 11.8 Å². The Morgan fingerprint density at radius 3 is 2.20 bits per heavy atom. The van der Waals surface area contributed by atoms with Crippen molar-refractivity contribution in [2.24, 2.45) is 11.8 Å². The molecular weight excluding hydrogens is 374 g/mol. The fourth-order valence-corrected chi connectivity index (χ4v) is 4.29. The zero-order valence-electron chi connectivity index (χ0n) is 18.3. The molecule has 0 spiro atoms. The smallest absolute Gasteiger partial charge is 0.254 e. The number of amides is 2. The van der Waals surface area contributed by atoms with Crippen molar-refractivity contribution in [2.75, 3.05) is 26.7 Å². The van der Waals surface area contributed by atoms with Crippen molar-refractivity contribution in [1.82, 2.24) is 15.1 Å². The van der Waals surface area contributed by atoms with Crippen molar-refractivity contribution in [1.29, 1.82) is 0 Å². The molecule has 5 heteroatoms. The predicted molar refractivity (Wildman–Crippen MR) is 120 cm³/mol. The predicted octanol–water partition coefficient (Wildman–Crippen LogP) is 3.55. The van der Waals surface area contributed by atoms with Crippen LogP contribution in [-0.2, 0) is 17.9 Å². The van der Waals surface area contributed by atoms with Crippen LogP contribution in [0.4, 0.5) is 0 Å². The van der Waals surface area contributed by atoms with Crippen molar-refractivity contribution in [3.63, 3.8) is 0 Å². The Morgan fingerprint density at radius 2 is 1.57 bits per heavy atom. The Hall–Kier alpha value is -2.66. The van der Waals surface area contributed by atoms with Gasteiger partial charge in [0.15, 0.2) is 0 Å². The van der Waals surface area contributed by atoms with Gasteiger partial charge in [0.2, 0.25) is 5.91 Å². The summed E-state index contributed by atoms with van der Waals surface area (Å²) in [5.74, 6) is 1.20. The highest BCUT2D eigenvalue weighted by atomic mass is 16.2. The molecule has 1 N–H and O–H groups in total. The van der Waals surface area contributed by atoms with Crippen LogP contribution >= 0.6 is 0 Å². The maximum Gasteiger partial charge on any atom is 0.254 e. The molecule has 0 unspecified atom stereocenters. The molecule has 2 atom stereocenters. The van der Waals surface area contributed by atoms with Crippen LogP contribution in [0.15, 0.2) is 54.6 Å². The molecule has 160 valence electrons. The number of hydrogen-bond acceptors (Lipinski definition) is 3. The number of carbonyl (C=O) groups is 2. The lowest BCUT2D eigenvalue weighted by molar-refractivity contribution is -0.121. The van der Waals surface area contributed by atoms with Crippen molar-refractivity contribution < 1.29 is 9.59 Å². The number of rotatable bonds is 7. The summed E-state index contributed by atoms with van der Waals surface area (Å²) < 4.78 is 0. The van der Waals surface area contributed by atoms with E-state index in [2.05, 4.69) is 48.3 Å². The van der Waals surface area contributed by atoms with E-state index in [9.17, 15) is 9.59 Å². The minimum atomic E-state index is -0.165. The SMILES string of the molecule is C[C@@H]1C[C@H](C)CN(Cc2ccc(CNC(=O)CN(C)C(=O)c3ccccc3)cc2)C1. The highest BCUT2D eigenvalue weighted by molar-refractivity contribution is 5.96. The van der Waals surface area contributed by atoms with Crippen LogP contribution in [-0.4, -0.2) is 48.3 Å². The van der Waals surface area contributed by atoms with Gasteiger partial charge in [-0.3, -0.25) is 14.5 Å². The summed E-state index contributed by atoms with van der Waals surface area (Å²) >= 11 is 0. The Balaban J connectivity index is 1.44. The first kappa shape index (κ1) is 22.0. The summed E-state index contributed by atoms with van der Waals surface area (Å²) in [5, 5.41) is 2.91. The van der Waals surface area contributed by atoms with Gasteiger partial charge in [0.25, 0.3) is 5.91 Å². The molecule has 5 nitrogen and oxygen atoms in total. The molecule has 1 saturated heterocycles. The molecule has 1 aliphatic rings. The van der Waals surface area contributed by atoms with Gasteiger partial charge in [-0.1, -0.05) is 56.3 Å². The van der Waals surface area contributed by atoms with Crippen LogP contribution in [0.25, 0.3) is 0 Å². The van der Waals surface area contributed by atoms with E-state index in [-0.39, 0.29) is 18.4 Å². The molecule has 30 heavy (non-hydrogen) atoms. The van der Waals surface area contributed by atoms with Crippen molar-refractivity contribution in [3.8, 4) is 0 Å². The second-order valence-corrected chi connectivity index (χ2v) is 8.76. The average Bonchev–Trinajstić information content (AvgIpc) is 2.72.